The van der Waals surface area contributed by atoms with Crippen LogP contribution in [-0.2, 0) is 4.79 Å². The van der Waals surface area contributed by atoms with Crippen LogP contribution in [0.2, 0.25) is 0 Å². The molecule has 3 heteroatoms. The summed E-state index contributed by atoms with van der Waals surface area (Å²) in [4.78, 5) is 25.1. The number of rotatable bonds is 7. The lowest BCUT2D eigenvalue weighted by Gasteiger charge is -2.41. The fourth-order valence-electron chi connectivity index (χ4n) is 5.28. The molecule has 0 spiro atoms. The van der Waals surface area contributed by atoms with E-state index in [2.05, 4.69) is 34.6 Å². The second-order valence-corrected chi connectivity index (χ2v) is 10.8. The maximum absolute atomic E-state index is 13.6. The van der Waals surface area contributed by atoms with Gasteiger partial charge in [0, 0.05) is 5.56 Å². The standard InChI is InChI=1S/C27H38O3/c1-7-8-9-14-27(24(29)30-21-12-10-20(11-13-21)19(2)28)17-22-23(18-27)26(5,6)16-15-25(22,3)4/h10-13H,7-9,14-18H2,1-6H3. The first-order chi connectivity index (χ1) is 14.0. The van der Waals surface area contributed by atoms with Gasteiger partial charge >= 0.3 is 5.97 Å². The average Bonchev–Trinajstić information content (AvgIpc) is 3.10. The zero-order valence-corrected chi connectivity index (χ0v) is 19.7. The third-order valence-corrected chi connectivity index (χ3v) is 7.57. The molecular formula is C27H38O3. The lowest BCUT2D eigenvalue weighted by atomic mass is 9.64. The number of ketones is 1. The molecule has 0 saturated heterocycles. The molecular weight excluding hydrogens is 372 g/mol. The van der Waals surface area contributed by atoms with Crippen LogP contribution in [0.15, 0.2) is 35.4 Å². The molecule has 0 aromatic heterocycles. The van der Waals surface area contributed by atoms with E-state index in [1.807, 2.05) is 0 Å². The maximum Gasteiger partial charge on any atom is 0.318 e. The molecule has 0 atom stereocenters. The number of carbonyl (C=O) groups excluding carboxylic acids is 2. The summed E-state index contributed by atoms with van der Waals surface area (Å²) in [6, 6.07) is 6.95. The highest BCUT2D eigenvalue weighted by Gasteiger charge is 2.53. The lowest BCUT2D eigenvalue weighted by Crippen LogP contribution is -2.34. The molecule has 2 aliphatic rings. The van der Waals surface area contributed by atoms with Gasteiger partial charge in [-0.2, -0.15) is 0 Å². The summed E-state index contributed by atoms with van der Waals surface area (Å²) in [5.41, 5.74) is 3.48. The van der Waals surface area contributed by atoms with Crippen LogP contribution in [-0.4, -0.2) is 11.8 Å². The quantitative estimate of drug-likeness (QED) is 0.156. The van der Waals surface area contributed by atoms with Gasteiger partial charge in [0.1, 0.15) is 5.75 Å². The van der Waals surface area contributed by atoms with Gasteiger partial charge in [-0.3, -0.25) is 9.59 Å². The average molecular weight is 411 g/mol. The molecule has 164 valence electrons. The van der Waals surface area contributed by atoms with Crippen molar-refractivity contribution in [3.05, 3.63) is 41.0 Å². The van der Waals surface area contributed by atoms with E-state index in [-0.39, 0.29) is 22.6 Å². The third-order valence-electron chi connectivity index (χ3n) is 7.57. The highest BCUT2D eigenvalue weighted by molar-refractivity contribution is 5.94. The molecule has 30 heavy (non-hydrogen) atoms. The zero-order chi connectivity index (χ0) is 22.2. The van der Waals surface area contributed by atoms with Crippen molar-refractivity contribution < 1.29 is 14.3 Å². The fourth-order valence-corrected chi connectivity index (χ4v) is 5.28. The highest BCUT2D eigenvalue weighted by atomic mass is 16.5. The molecule has 1 aromatic carbocycles. The second-order valence-electron chi connectivity index (χ2n) is 10.8. The summed E-state index contributed by atoms with van der Waals surface area (Å²) >= 11 is 0. The first kappa shape index (κ1) is 22.8. The van der Waals surface area contributed by atoms with E-state index in [1.165, 1.54) is 24.0 Å². The van der Waals surface area contributed by atoms with Crippen LogP contribution in [0, 0.1) is 16.2 Å². The molecule has 1 aromatic rings. The molecule has 3 nitrogen and oxygen atoms in total. The van der Waals surface area contributed by atoms with Crippen LogP contribution in [0.1, 0.15) is 103 Å². The van der Waals surface area contributed by atoms with E-state index >= 15 is 0 Å². The summed E-state index contributed by atoms with van der Waals surface area (Å²) in [5.74, 6) is 0.444. The van der Waals surface area contributed by atoms with Crippen molar-refractivity contribution in [1.82, 2.24) is 0 Å². The van der Waals surface area contributed by atoms with Gasteiger partial charge < -0.3 is 4.74 Å². The number of hydrogen-bond acceptors (Lipinski definition) is 3. The Labute approximate surface area is 182 Å². The Balaban J connectivity index is 1.88. The number of hydrogen-bond donors (Lipinski definition) is 0. The smallest absolute Gasteiger partial charge is 0.318 e. The Morgan fingerprint density at radius 1 is 0.900 bits per heavy atom. The predicted octanol–water partition coefficient (Wildman–Crippen LogP) is 7.30. The molecule has 0 N–H and O–H groups in total. The third kappa shape index (κ3) is 4.40. The second kappa shape index (κ2) is 8.32. The van der Waals surface area contributed by atoms with Crippen molar-refractivity contribution in [2.24, 2.45) is 16.2 Å². The van der Waals surface area contributed by atoms with Gasteiger partial charge in [0.25, 0.3) is 0 Å². The minimum Gasteiger partial charge on any atom is -0.426 e. The Hall–Kier alpha value is -1.90. The highest BCUT2D eigenvalue weighted by Crippen LogP contribution is 2.61. The molecule has 0 amide bonds. The summed E-state index contributed by atoms with van der Waals surface area (Å²) in [6.45, 7) is 13.1. The van der Waals surface area contributed by atoms with Gasteiger partial charge in [0.15, 0.2) is 5.78 Å². The Bertz CT molecular complexity index is 811. The number of benzene rings is 1. The minimum absolute atomic E-state index is 0.0149. The monoisotopic (exact) mass is 410 g/mol. The Morgan fingerprint density at radius 3 is 1.90 bits per heavy atom. The van der Waals surface area contributed by atoms with Crippen LogP contribution < -0.4 is 4.74 Å². The topological polar surface area (TPSA) is 43.4 Å². The molecule has 2 aliphatic carbocycles. The van der Waals surface area contributed by atoms with E-state index in [0.29, 0.717) is 11.3 Å². The van der Waals surface area contributed by atoms with Gasteiger partial charge in [0.05, 0.1) is 5.41 Å². The molecule has 0 aliphatic heterocycles. The summed E-state index contributed by atoms with van der Waals surface area (Å²) in [6.07, 6.45) is 8.21. The molecule has 0 bridgehead atoms. The number of allylic oxidation sites excluding steroid dienone is 2. The first-order valence-corrected chi connectivity index (χ1v) is 11.6. The minimum atomic E-state index is -0.460. The molecule has 0 saturated carbocycles. The van der Waals surface area contributed by atoms with E-state index in [0.717, 1.165) is 38.5 Å². The summed E-state index contributed by atoms with van der Waals surface area (Å²) < 4.78 is 5.93. The van der Waals surface area contributed by atoms with Crippen molar-refractivity contribution in [2.75, 3.05) is 0 Å². The molecule has 0 unspecified atom stereocenters. The number of unbranched alkanes of at least 4 members (excludes halogenated alkanes) is 2. The SMILES string of the molecule is CCCCCC1(C(=O)Oc2ccc(C(C)=O)cc2)CC2=C(C1)C(C)(C)CCC2(C)C. The van der Waals surface area contributed by atoms with E-state index in [9.17, 15) is 9.59 Å². The number of carbonyl (C=O) groups is 2. The van der Waals surface area contributed by atoms with Crippen LogP contribution in [0.3, 0.4) is 0 Å². The summed E-state index contributed by atoms with van der Waals surface area (Å²) in [7, 11) is 0. The van der Waals surface area contributed by atoms with Crippen molar-refractivity contribution in [2.45, 2.75) is 92.9 Å². The Morgan fingerprint density at radius 2 is 1.43 bits per heavy atom. The maximum atomic E-state index is 13.6. The normalized spacial score (nSPS) is 21.3. The van der Waals surface area contributed by atoms with Gasteiger partial charge in [-0.15, -0.1) is 0 Å². The number of ether oxygens (including phenoxy) is 1. The van der Waals surface area contributed by atoms with Crippen LogP contribution in [0.25, 0.3) is 0 Å². The first-order valence-electron chi connectivity index (χ1n) is 11.6. The van der Waals surface area contributed by atoms with Crippen molar-refractivity contribution in [1.29, 1.82) is 0 Å². The van der Waals surface area contributed by atoms with Gasteiger partial charge in [0.2, 0.25) is 0 Å². The fraction of sp³-hybridized carbons (Fsp3) is 0.630. The van der Waals surface area contributed by atoms with Crippen LogP contribution in [0.4, 0.5) is 0 Å². The van der Waals surface area contributed by atoms with Crippen molar-refractivity contribution in [3.63, 3.8) is 0 Å². The zero-order valence-electron chi connectivity index (χ0n) is 19.7. The van der Waals surface area contributed by atoms with Gasteiger partial charge in [-0.1, -0.05) is 65.0 Å². The number of Topliss-reactive ketones (excluding diaryl/α,β-unsaturated/α-hetero) is 1. The summed E-state index contributed by atoms with van der Waals surface area (Å²) in [5, 5.41) is 0. The molecule has 0 heterocycles. The lowest BCUT2D eigenvalue weighted by molar-refractivity contribution is -0.146. The predicted molar refractivity (Wildman–Crippen MR) is 122 cm³/mol. The van der Waals surface area contributed by atoms with E-state index in [4.69, 9.17) is 4.74 Å². The van der Waals surface area contributed by atoms with E-state index < -0.39 is 5.41 Å². The Kier molecular flexibility index (Phi) is 6.32. The van der Waals surface area contributed by atoms with Gasteiger partial charge in [-0.25, -0.2) is 0 Å². The molecule has 3 rings (SSSR count). The molecule has 0 radical (unpaired) electrons. The van der Waals surface area contributed by atoms with Gasteiger partial charge in [-0.05, 0) is 74.1 Å². The molecule has 0 fully saturated rings. The van der Waals surface area contributed by atoms with Crippen molar-refractivity contribution in [3.8, 4) is 5.75 Å². The van der Waals surface area contributed by atoms with E-state index in [1.54, 1.807) is 31.2 Å². The van der Waals surface area contributed by atoms with Crippen molar-refractivity contribution >= 4 is 11.8 Å². The van der Waals surface area contributed by atoms with Crippen LogP contribution in [0.5, 0.6) is 5.75 Å². The largest absolute Gasteiger partial charge is 0.426 e. The van der Waals surface area contributed by atoms with Crippen LogP contribution >= 0.6 is 0 Å². The number of esters is 1.